The molecule has 2 heterocycles. The summed E-state index contributed by atoms with van der Waals surface area (Å²) in [6.45, 7) is 1.06. The Labute approximate surface area is 239 Å². The van der Waals surface area contributed by atoms with Crippen LogP contribution in [0.1, 0.15) is 17.4 Å². The van der Waals surface area contributed by atoms with Gasteiger partial charge in [0.1, 0.15) is 29.3 Å². The number of halogens is 2. The molecule has 0 radical (unpaired) electrons. The summed E-state index contributed by atoms with van der Waals surface area (Å²) in [7, 11) is -7.88. The van der Waals surface area contributed by atoms with Crippen molar-refractivity contribution in [3.8, 4) is 17.6 Å². The van der Waals surface area contributed by atoms with Gasteiger partial charge in [0.05, 0.1) is 11.4 Å². The first-order valence-corrected chi connectivity index (χ1v) is 15.5. The molecule has 2 aromatic carbocycles. The van der Waals surface area contributed by atoms with E-state index in [1.54, 1.807) is 18.2 Å². The molecule has 0 aliphatic heterocycles. The number of benzene rings is 2. The predicted molar refractivity (Wildman–Crippen MR) is 143 cm³/mol. The lowest BCUT2D eigenvalue weighted by Crippen LogP contribution is -2.35. The number of aromatic nitrogens is 1. The number of nitrogens with one attached hydrogen (secondary N) is 1. The first-order valence-electron chi connectivity index (χ1n) is 11.6. The van der Waals surface area contributed by atoms with Crippen molar-refractivity contribution < 1.29 is 40.8 Å². The second-order valence-electron chi connectivity index (χ2n) is 8.08. The van der Waals surface area contributed by atoms with Gasteiger partial charge < -0.3 is 14.4 Å². The maximum Gasteiger partial charge on any atom is 0.490 e. The zero-order chi connectivity index (χ0) is 28.7. The minimum absolute atomic E-state index is 0.149. The van der Waals surface area contributed by atoms with Crippen LogP contribution in [0.25, 0.3) is 10.1 Å². The molecule has 15 heteroatoms. The highest BCUT2D eigenvalue weighted by molar-refractivity contribution is 7.91. The normalized spacial score (nSPS) is 12.6. The molecule has 0 saturated carbocycles. The second kappa shape index (κ2) is 13.4. The highest BCUT2D eigenvalue weighted by atomic mass is 35.5. The second-order valence-corrected chi connectivity index (χ2v) is 12.1. The Hall–Kier alpha value is -3.21. The van der Waals surface area contributed by atoms with Crippen molar-refractivity contribution in [2.45, 2.75) is 17.0 Å². The molecule has 0 spiro atoms. The Morgan fingerprint density at radius 3 is 2.52 bits per heavy atom. The van der Waals surface area contributed by atoms with E-state index >= 15 is 0 Å². The van der Waals surface area contributed by atoms with E-state index in [-0.39, 0.29) is 27.8 Å². The number of nitriles is 1. The van der Waals surface area contributed by atoms with Crippen LogP contribution in [0.3, 0.4) is 0 Å². The SMILES string of the molecule is N#Cc1ccc(C(NS(=O)(=O)c2cc3cc(OCCCl)c(OCC[n+]4ccccc4)cc3s2)O[P+](=O)[O-])cc1F. The van der Waals surface area contributed by atoms with Crippen LogP contribution in [0, 0.1) is 17.1 Å². The van der Waals surface area contributed by atoms with Gasteiger partial charge in [-0.1, -0.05) is 12.1 Å². The number of hydrogen-bond donors (Lipinski definition) is 1. The van der Waals surface area contributed by atoms with Crippen molar-refractivity contribution in [3.63, 3.8) is 0 Å². The quantitative estimate of drug-likeness (QED) is 0.102. The molecule has 40 heavy (non-hydrogen) atoms. The Bertz CT molecular complexity index is 1670. The summed E-state index contributed by atoms with van der Waals surface area (Å²) >= 11 is 6.69. The topological polar surface area (TPSA) is 142 Å². The molecule has 208 valence electrons. The highest BCUT2D eigenvalue weighted by Crippen LogP contribution is 2.39. The number of hydrogen-bond acceptors (Lipinski definition) is 9. The van der Waals surface area contributed by atoms with Gasteiger partial charge in [0, 0.05) is 28.5 Å². The number of fused-ring (bicyclic) bond motifs is 1. The van der Waals surface area contributed by atoms with Gasteiger partial charge >= 0.3 is 8.25 Å². The Morgan fingerprint density at radius 1 is 1.12 bits per heavy atom. The third-order valence-corrected chi connectivity index (χ3v) is 8.92. The minimum Gasteiger partial charge on any atom is -0.566 e. The summed E-state index contributed by atoms with van der Waals surface area (Å²) in [6.07, 6.45) is 2.02. The Kier molecular flexibility index (Phi) is 9.99. The molecule has 10 nitrogen and oxygen atoms in total. The molecule has 2 unspecified atom stereocenters. The maximum atomic E-state index is 14.2. The van der Waals surface area contributed by atoms with E-state index in [9.17, 15) is 22.3 Å². The van der Waals surface area contributed by atoms with Gasteiger partial charge in [0.2, 0.25) is 6.23 Å². The van der Waals surface area contributed by atoms with E-state index < -0.39 is 30.3 Å². The standard InChI is InChI=1S/C25H21ClFN3O7PS2/c26-6-10-35-21-13-19-14-24(39-23(19)15-22(21)36-11-9-30-7-2-1-3-8-30)40(33,34)29-25(37-38(31)32)17-4-5-18(16-28)20(27)12-17/h1-5,7-8,12-15,25,29H,6,9-11H2/q+1. The zero-order valence-electron chi connectivity index (χ0n) is 20.5. The Balaban J connectivity index is 1.61. The van der Waals surface area contributed by atoms with Gasteiger partial charge in [0.15, 0.2) is 30.4 Å². The van der Waals surface area contributed by atoms with Crippen LogP contribution in [0.4, 0.5) is 4.39 Å². The monoisotopic (exact) mass is 624 g/mol. The molecule has 0 aliphatic carbocycles. The number of rotatable bonds is 13. The smallest absolute Gasteiger partial charge is 0.490 e. The minimum atomic E-state index is -4.36. The van der Waals surface area contributed by atoms with E-state index in [2.05, 4.69) is 4.72 Å². The molecule has 0 fully saturated rings. The number of nitrogens with zero attached hydrogens (tertiary/aromatic N) is 2. The lowest BCUT2D eigenvalue weighted by atomic mass is 10.1. The van der Waals surface area contributed by atoms with E-state index in [1.807, 2.05) is 35.2 Å². The molecule has 0 amide bonds. The number of thiophene rings is 1. The molecular weight excluding hydrogens is 604 g/mol. The molecule has 0 saturated heterocycles. The van der Waals surface area contributed by atoms with Gasteiger partial charge in [-0.3, -0.25) is 0 Å². The lowest BCUT2D eigenvalue weighted by molar-refractivity contribution is -0.697. The third kappa shape index (κ3) is 7.50. The van der Waals surface area contributed by atoms with E-state index in [0.29, 0.717) is 34.7 Å². The molecule has 2 atom stereocenters. The molecule has 0 aliphatic rings. The van der Waals surface area contributed by atoms with Crippen molar-refractivity contribution >= 4 is 51.3 Å². The first kappa shape index (κ1) is 29.8. The summed E-state index contributed by atoms with van der Waals surface area (Å²) in [6, 6.07) is 15.1. The fourth-order valence-corrected chi connectivity index (χ4v) is 6.61. The average Bonchev–Trinajstić information content (AvgIpc) is 3.35. The number of pyridine rings is 1. The van der Waals surface area contributed by atoms with Crippen LogP contribution in [0.2, 0.25) is 0 Å². The molecule has 1 N–H and O–H groups in total. The summed E-state index contributed by atoms with van der Waals surface area (Å²) in [4.78, 5) is 11.3. The van der Waals surface area contributed by atoms with Gasteiger partial charge in [-0.15, -0.1) is 27.5 Å². The number of ether oxygens (including phenoxy) is 2. The van der Waals surface area contributed by atoms with Gasteiger partial charge in [-0.05, 0) is 34.2 Å². The van der Waals surface area contributed by atoms with E-state index in [4.69, 9.17) is 30.9 Å². The predicted octanol–water partition coefficient (Wildman–Crippen LogP) is 3.91. The lowest BCUT2D eigenvalue weighted by Gasteiger charge is -2.14. The average molecular weight is 625 g/mol. The molecule has 0 bridgehead atoms. The van der Waals surface area contributed by atoms with Gasteiger partial charge in [-0.2, -0.15) is 9.98 Å². The van der Waals surface area contributed by atoms with Crippen molar-refractivity contribution in [1.82, 2.24) is 4.72 Å². The van der Waals surface area contributed by atoms with Crippen molar-refractivity contribution in [3.05, 3.63) is 83.9 Å². The fraction of sp³-hybridized carbons (Fsp3) is 0.200. The van der Waals surface area contributed by atoms with Crippen LogP contribution in [-0.4, -0.2) is 27.5 Å². The van der Waals surface area contributed by atoms with Crippen molar-refractivity contribution in [2.75, 3.05) is 19.1 Å². The third-order valence-electron chi connectivity index (χ3n) is 5.41. The zero-order valence-corrected chi connectivity index (χ0v) is 23.8. The highest BCUT2D eigenvalue weighted by Gasteiger charge is 2.29. The summed E-state index contributed by atoms with van der Waals surface area (Å²) in [5.41, 5.74) is -0.446. The maximum absolute atomic E-state index is 14.2. The Morgan fingerprint density at radius 2 is 1.85 bits per heavy atom. The number of alkyl halides is 1. The van der Waals surface area contributed by atoms with Crippen LogP contribution in [0.5, 0.6) is 11.5 Å². The van der Waals surface area contributed by atoms with Gasteiger partial charge in [0.25, 0.3) is 10.0 Å². The van der Waals surface area contributed by atoms with Crippen LogP contribution in [0.15, 0.2) is 71.2 Å². The molecule has 4 aromatic rings. The van der Waals surface area contributed by atoms with Gasteiger partial charge in [-0.25, -0.2) is 17.4 Å². The number of sulfonamides is 1. The fourth-order valence-electron chi connectivity index (χ4n) is 3.59. The molecular formula is C25H21ClFN3O7PS2+. The van der Waals surface area contributed by atoms with Crippen LogP contribution < -0.4 is 23.7 Å². The van der Waals surface area contributed by atoms with E-state index in [0.717, 1.165) is 23.5 Å². The molecule has 2 aromatic heterocycles. The van der Waals surface area contributed by atoms with Crippen molar-refractivity contribution in [1.29, 1.82) is 5.26 Å². The summed E-state index contributed by atoms with van der Waals surface area (Å²) in [5.74, 6) is 0.0339. The molecule has 4 rings (SSSR count). The van der Waals surface area contributed by atoms with E-state index in [1.165, 1.54) is 12.1 Å². The van der Waals surface area contributed by atoms with Crippen LogP contribution in [-0.2, 0) is 25.7 Å². The largest absolute Gasteiger partial charge is 0.566 e. The van der Waals surface area contributed by atoms with Crippen LogP contribution >= 0.6 is 31.2 Å². The van der Waals surface area contributed by atoms with Crippen molar-refractivity contribution in [2.24, 2.45) is 0 Å². The first-order chi connectivity index (χ1) is 19.2. The summed E-state index contributed by atoms with van der Waals surface area (Å²) in [5, 5.41) is 9.46. The summed E-state index contributed by atoms with van der Waals surface area (Å²) < 4.78 is 72.8.